The van der Waals surface area contributed by atoms with Gasteiger partial charge in [0.1, 0.15) is 0 Å². The number of allylic oxidation sites excluding steroid dienone is 1. The summed E-state index contributed by atoms with van der Waals surface area (Å²) >= 11 is 0. The summed E-state index contributed by atoms with van der Waals surface area (Å²) in [4.78, 5) is 11.1. The molecular formula is C16H24O3. The first-order chi connectivity index (χ1) is 8.92. The third kappa shape index (κ3) is 2.25. The van der Waals surface area contributed by atoms with E-state index in [0.717, 1.165) is 0 Å². The highest BCUT2D eigenvalue weighted by atomic mass is 16.5. The lowest BCUT2D eigenvalue weighted by molar-refractivity contribution is -0.171. The van der Waals surface area contributed by atoms with E-state index in [4.69, 9.17) is 9.47 Å². The summed E-state index contributed by atoms with van der Waals surface area (Å²) in [7, 11) is 0. The van der Waals surface area contributed by atoms with Gasteiger partial charge in [-0.15, -0.1) is 6.58 Å². The Balaban J connectivity index is 2.33. The minimum atomic E-state index is -0.220. The first-order valence-corrected chi connectivity index (χ1v) is 6.98. The van der Waals surface area contributed by atoms with Crippen LogP contribution in [0.4, 0.5) is 0 Å². The van der Waals surface area contributed by atoms with Crippen LogP contribution in [-0.4, -0.2) is 25.3 Å². The van der Waals surface area contributed by atoms with Crippen molar-refractivity contribution in [1.82, 2.24) is 0 Å². The summed E-state index contributed by atoms with van der Waals surface area (Å²) in [6, 6.07) is 0. The molecule has 2 aliphatic rings. The van der Waals surface area contributed by atoms with E-state index in [1.54, 1.807) is 0 Å². The van der Waals surface area contributed by atoms with Crippen LogP contribution in [0.1, 0.15) is 27.7 Å². The predicted octanol–water partition coefficient (Wildman–Crippen LogP) is 2.97. The van der Waals surface area contributed by atoms with Crippen molar-refractivity contribution in [2.75, 3.05) is 13.2 Å². The van der Waals surface area contributed by atoms with Gasteiger partial charge >= 0.3 is 5.97 Å². The van der Waals surface area contributed by atoms with Gasteiger partial charge in [0.05, 0.1) is 19.3 Å². The van der Waals surface area contributed by atoms with Crippen molar-refractivity contribution in [2.45, 2.75) is 33.8 Å². The zero-order chi connectivity index (χ0) is 14.2. The number of fused-ring (bicyclic) bond motifs is 2. The largest absolute Gasteiger partial charge is 0.465 e. The predicted molar refractivity (Wildman–Crippen MR) is 74.6 cm³/mol. The third-order valence-corrected chi connectivity index (χ3v) is 5.07. The van der Waals surface area contributed by atoms with E-state index in [9.17, 15) is 4.79 Å². The van der Waals surface area contributed by atoms with Gasteiger partial charge in [0.15, 0.2) is 0 Å². The zero-order valence-electron chi connectivity index (χ0n) is 12.3. The molecule has 1 aliphatic heterocycles. The minimum absolute atomic E-state index is 0.0733. The Kier molecular flexibility index (Phi) is 3.86. The SMILES string of the molecule is C=C[C@H]1OC[C@]2(COC(C)=O)[C@H](C)[C@H]1C(C)=C[C@@H]2C. The highest BCUT2D eigenvalue weighted by Gasteiger charge is 2.53. The standard InChI is InChI=1S/C16H24O3/c1-6-14-15-10(2)7-11(3)16(9-19-14,12(15)4)8-18-13(5)17/h6-7,11-12,14-15H,1,8-9H2,2-5H3/t11-,12+,14+,15+,16-/m0/s1. The van der Waals surface area contributed by atoms with Gasteiger partial charge in [0, 0.05) is 18.3 Å². The maximum atomic E-state index is 11.1. The quantitative estimate of drug-likeness (QED) is 0.580. The van der Waals surface area contributed by atoms with Crippen molar-refractivity contribution >= 4 is 5.97 Å². The minimum Gasteiger partial charge on any atom is -0.465 e. The van der Waals surface area contributed by atoms with Crippen molar-refractivity contribution in [3.05, 3.63) is 24.3 Å². The van der Waals surface area contributed by atoms with Gasteiger partial charge in [-0.1, -0.05) is 31.6 Å². The Morgan fingerprint density at radius 3 is 2.89 bits per heavy atom. The van der Waals surface area contributed by atoms with Gasteiger partial charge in [-0.25, -0.2) is 0 Å². The number of rotatable bonds is 3. The van der Waals surface area contributed by atoms with E-state index in [0.29, 0.717) is 31.0 Å². The van der Waals surface area contributed by atoms with E-state index in [1.807, 2.05) is 6.08 Å². The van der Waals surface area contributed by atoms with Gasteiger partial charge in [-0.2, -0.15) is 0 Å². The fraction of sp³-hybridized carbons (Fsp3) is 0.688. The number of hydrogen-bond donors (Lipinski definition) is 0. The normalized spacial score (nSPS) is 41.4. The summed E-state index contributed by atoms with van der Waals surface area (Å²) in [6.45, 7) is 13.0. The lowest BCUT2D eigenvalue weighted by atomic mass is 9.56. The molecule has 0 unspecified atom stereocenters. The maximum Gasteiger partial charge on any atom is 0.302 e. The van der Waals surface area contributed by atoms with E-state index in [2.05, 4.69) is 33.4 Å². The first kappa shape index (κ1) is 14.3. The highest BCUT2D eigenvalue weighted by Crippen LogP contribution is 2.52. The maximum absolute atomic E-state index is 11.1. The van der Waals surface area contributed by atoms with Crippen molar-refractivity contribution in [1.29, 1.82) is 0 Å². The van der Waals surface area contributed by atoms with Gasteiger partial charge in [-0.3, -0.25) is 4.79 Å². The molecule has 5 atom stereocenters. The Morgan fingerprint density at radius 1 is 1.63 bits per heavy atom. The van der Waals surface area contributed by atoms with Crippen LogP contribution in [0.3, 0.4) is 0 Å². The van der Waals surface area contributed by atoms with Crippen molar-refractivity contribution in [3.63, 3.8) is 0 Å². The van der Waals surface area contributed by atoms with Crippen LogP contribution in [0.25, 0.3) is 0 Å². The summed E-state index contributed by atoms with van der Waals surface area (Å²) in [5, 5.41) is 0. The molecule has 0 aromatic carbocycles. The number of carbonyl (C=O) groups excluding carboxylic acids is 1. The third-order valence-electron chi connectivity index (χ3n) is 5.07. The highest BCUT2D eigenvalue weighted by molar-refractivity contribution is 5.65. The molecule has 2 bridgehead atoms. The fourth-order valence-electron chi connectivity index (χ4n) is 3.75. The van der Waals surface area contributed by atoms with Gasteiger partial charge < -0.3 is 9.47 Å². The van der Waals surface area contributed by atoms with Crippen LogP contribution in [0.5, 0.6) is 0 Å². The number of hydrogen-bond acceptors (Lipinski definition) is 3. The van der Waals surface area contributed by atoms with Crippen molar-refractivity contribution < 1.29 is 14.3 Å². The molecule has 0 amide bonds. The summed E-state index contributed by atoms with van der Waals surface area (Å²) in [6.07, 6.45) is 4.28. The molecule has 0 spiro atoms. The molecule has 0 aromatic heterocycles. The van der Waals surface area contributed by atoms with Crippen LogP contribution >= 0.6 is 0 Å². The van der Waals surface area contributed by atoms with E-state index >= 15 is 0 Å². The lowest BCUT2D eigenvalue weighted by Crippen LogP contribution is -2.56. The Labute approximate surface area is 115 Å². The summed E-state index contributed by atoms with van der Waals surface area (Å²) in [5.41, 5.74) is 1.26. The smallest absolute Gasteiger partial charge is 0.302 e. The second kappa shape index (κ2) is 5.12. The molecule has 3 heteroatoms. The zero-order valence-corrected chi connectivity index (χ0v) is 12.3. The average molecular weight is 264 g/mol. The average Bonchev–Trinajstić information content (AvgIpc) is 2.34. The molecule has 106 valence electrons. The Morgan fingerprint density at radius 2 is 2.32 bits per heavy atom. The fourth-order valence-corrected chi connectivity index (χ4v) is 3.75. The molecule has 3 nitrogen and oxygen atoms in total. The number of carbonyl (C=O) groups is 1. The molecule has 19 heavy (non-hydrogen) atoms. The van der Waals surface area contributed by atoms with Crippen LogP contribution in [0, 0.1) is 23.2 Å². The second-order valence-corrected chi connectivity index (χ2v) is 6.04. The van der Waals surface area contributed by atoms with E-state index in [1.165, 1.54) is 12.5 Å². The van der Waals surface area contributed by atoms with Crippen LogP contribution in [-0.2, 0) is 14.3 Å². The number of ether oxygens (including phenoxy) is 2. The molecule has 1 saturated heterocycles. The van der Waals surface area contributed by atoms with Crippen LogP contribution in [0.2, 0.25) is 0 Å². The molecule has 2 rings (SSSR count). The molecule has 0 aromatic rings. The molecular weight excluding hydrogens is 240 g/mol. The molecule has 0 N–H and O–H groups in total. The monoisotopic (exact) mass is 264 g/mol. The molecule has 0 radical (unpaired) electrons. The summed E-state index contributed by atoms with van der Waals surface area (Å²) in [5.74, 6) is 0.896. The second-order valence-electron chi connectivity index (χ2n) is 6.04. The first-order valence-electron chi connectivity index (χ1n) is 6.98. The van der Waals surface area contributed by atoms with Gasteiger partial charge in [0.25, 0.3) is 0 Å². The van der Waals surface area contributed by atoms with Crippen molar-refractivity contribution in [2.24, 2.45) is 23.2 Å². The molecule has 1 fully saturated rings. The van der Waals surface area contributed by atoms with Crippen LogP contribution in [0.15, 0.2) is 24.3 Å². The van der Waals surface area contributed by atoms with E-state index < -0.39 is 0 Å². The molecule has 0 saturated carbocycles. The molecule has 1 heterocycles. The summed E-state index contributed by atoms with van der Waals surface area (Å²) < 4.78 is 11.3. The molecule has 1 aliphatic carbocycles. The number of esters is 1. The lowest BCUT2D eigenvalue weighted by Gasteiger charge is -2.54. The van der Waals surface area contributed by atoms with Crippen LogP contribution < -0.4 is 0 Å². The topological polar surface area (TPSA) is 35.5 Å². The van der Waals surface area contributed by atoms with Gasteiger partial charge in [-0.05, 0) is 18.8 Å². The Bertz CT molecular complexity index is 412. The Hall–Kier alpha value is -1.09. The van der Waals surface area contributed by atoms with Gasteiger partial charge in [0.2, 0.25) is 0 Å². The van der Waals surface area contributed by atoms with Crippen molar-refractivity contribution in [3.8, 4) is 0 Å². The van der Waals surface area contributed by atoms with E-state index in [-0.39, 0.29) is 17.5 Å².